The Morgan fingerprint density at radius 1 is 1.24 bits per heavy atom. The summed E-state index contributed by atoms with van der Waals surface area (Å²) >= 11 is 1.38. The number of aryl methyl sites for hydroxylation is 2. The van der Waals surface area contributed by atoms with Crippen LogP contribution in [0.2, 0.25) is 0 Å². The summed E-state index contributed by atoms with van der Waals surface area (Å²) in [4.78, 5) is 21.1. The Hall–Kier alpha value is -2.08. The van der Waals surface area contributed by atoms with Gasteiger partial charge in [0.25, 0.3) is 0 Å². The van der Waals surface area contributed by atoms with Gasteiger partial charge in [0.15, 0.2) is 5.16 Å². The summed E-state index contributed by atoms with van der Waals surface area (Å²) in [5.41, 5.74) is 2.97. The standard InChI is InChI=1S/C19H23N3O2S/c1-12-10-13(2)21-19(20-12)25-11-17(23)22-18(14-4-5-14)15-6-8-16(24-3)9-7-15/h6-10,14,18H,4-5,11H2,1-3H3,(H,22,23). The van der Waals surface area contributed by atoms with Crippen LogP contribution in [-0.2, 0) is 4.79 Å². The number of hydrogen-bond donors (Lipinski definition) is 1. The predicted octanol–water partition coefficient (Wildman–Crippen LogP) is 3.46. The van der Waals surface area contributed by atoms with Crippen LogP contribution in [0, 0.1) is 19.8 Å². The molecule has 5 nitrogen and oxygen atoms in total. The molecule has 1 aromatic heterocycles. The average molecular weight is 357 g/mol. The Balaban J connectivity index is 1.60. The molecule has 1 atom stereocenters. The lowest BCUT2D eigenvalue weighted by atomic mass is 10.0. The van der Waals surface area contributed by atoms with E-state index in [1.807, 2.05) is 44.2 Å². The van der Waals surface area contributed by atoms with Crippen molar-refractivity contribution in [3.63, 3.8) is 0 Å². The maximum Gasteiger partial charge on any atom is 0.230 e. The molecule has 3 rings (SSSR count). The van der Waals surface area contributed by atoms with Crippen LogP contribution in [0.1, 0.15) is 35.8 Å². The van der Waals surface area contributed by atoms with Crippen molar-refractivity contribution >= 4 is 17.7 Å². The van der Waals surface area contributed by atoms with Crippen molar-refractivity contribution in [2.45, 2.75) is 37.9 Å². The Bertz CT molecular complexity index is 725. The largest absolute Gasteiger partial charge is 0.497 e. The summed E-state index contributed by atoms with van der Waals surface area (Å²) in [6, 6.07) is 9.94. The van der Waals surface area contributed by atoms with Crippen LogP contribution < -0.4 is 10.1 Å². The highest BCUT2D eigenvalue weighted by molar-refractivity contribution is 7.99. The van der Waals surface area contributed by atoms with Crippen LogP contribution in [-0.4, -0.2) is 28.7 Å². The number of carbonyl (C=O) groups excluding carboxylic acids is 1. The molecule has 0 saturated heterocycles. The monoisotopic (exact) mass is 357 g/mol. The van der Waals surface area contributed by atoms with Gasteiger partial charge in [0, 0.05) is 11.4 Å². The number of rotatable bonds is 7. The fraction of sp³-hybridized carbons (Fsp3) is 0.421. The van der Waals surface area contributed by atoms with E-state index in [9.17, 15) is 4.79 Å². The summed E-state index contributed by atoms with van der Waals surface area (Å²) in [6.45, 7) is 3.87. The third-order valence-corrected chi connectivity index (χ3v) is 5.03. The molecule has 0 aliphatic heterocycles. The Morgan fingerprint density at radius 2 is 1.88 bits per heavy atom. The molecule has 1 fully saturated rings. The van der Waals surface area contributed by atoms with Gasteiger partial charge in [0.1, 0.15) is 5.75 Å². The lowest BCUT2D eigenvalue weighted by molar-refractivity contribution is -0.119. The number of methoxy groups -OCH3 is 1. The number of aromatic nitrogens is 2. The first-order valence-electron chi connectivity index (χ1n) is 8.43. The van der Waals surface area contributed by atoms with Crippen LogP contribution in [0.3, 0.4) is 0 Å². The molecule has 1 aromatic carbocycles. The van der Waals surface area contributed by atoms with Gasteiger partial charge in [0.2, 0.25) is 5.91 Å². The van der Waals surface area contributed by atoms with Crippen LogP contribution in [0.25, 0.3) is 0 Å². The number of benzene rings is 1. The molecule has 1 N–H and O–H groups in total. The lowest BCUT2D eigenvalue weighted by Gasteiger charge is -2.19. The minimum absolute atomic E-state index is 0.0143. The first-order valence-corrected chi connectivity index (χ1v) is 9.42. The van der Waals surface area contributed by atoms with E-state index < -0.39 is 0 Å². The van der Waals surface area contributed by atoms with E-state index in [0.717, 1.165) is 35.5 Å². The zero-order valence-corrected chi connectivity index (χ0v) is 15.6. The number of carbonyl (C=O) groups is 1. The molecule has 1 amide bonds. The van der Waals surface area contributed by atoms with E-state index >= 15 is 0 Å². The van der Waals surface area contributed by atoms with Crippen LogP contribution >= 0.6 is 11.8 Å². The van der Waals surface area contributed by atoms with Crippen molar-refractivity contribution in [2.24, 2.45) is 5.92 Å². The molecule has 1 saturated carbocycles. The van der Waals surface area contributed by atoms with E-state index in [-0.39, 0.29) is 11.9 Å². The minimum Gasteiger partial charge on any atom is -0.497 e. The van der Waals surface area contributed by atoms with Gasteiger partial charge < -0.3 is 10.1 Å². The van der Waals surface area contributed by atoms with Crippen LogP contribution in [0.15, 0.2) is 35.5 Å². The normalized spacial score (nSPS) is 14.8. The van der Waals surface area contributed by atoms with Crippen LogP contribution in [0.5, 0.6) is 5.75 Å². The summed E-state index contributed by atoms with van der Waals surface area (Å²) in [5.74, 6) is 1.69. The zero-order chi connectivity index (χ0) is 17.8. The van der Waals surface area contributed by atoms with Gasteiger partial charge in [-0.25, -0.2) is 9.97 Å². The van der Waals surface area contributed by atoms with E-state index in [1.165, 1.54) is 11.8 Å². The van der Waals surface area contributed by atoms with E-state index in [0.29, 0.717) is 16.8 Å². The molecule has 25 heavy (non-hydrogen) atoms. The number of amides is 1. The number of hydrogen-bond acceptors (Lipinski definition) is 5. The van der Waals surface area contributed by atoms with Crippen molar-refractivity contribution in [1.29, 1.82) is 0 Å². The molecule has 6 heteroatoms. The summed E-state index contributed by atoms with van der Waals surface area (Å²) in [6.07, 6.45) is 2.31. The molecular formula is C19H23N3O2S. The quantitative estimate of drug-likeness (QED) is 0.607. The molecule has 1 aliphatic rings. The van der Waals surface area contributed by atoms with Crippen LogP contribution in [0.4, 0.5) is 0 Å². The topological polar surface area (TPSA) is 64.1 Å². The smallest absolute Gasteiger partial charge is 0.230 e. The molecule has 1 aliphatic carbocycles. The highest BCUT2D eigenvalue weighted by atomic mass is 32.2. The summed E-state index contributed by atoms with van der Waals surface area (Å²) < 4.78 is 5.21. The maximum absolute atomic E-state index is 12.4. The SMILES string of the molecule is COc1ccc(C(NC(=O)CSc2nc(C)cc(C)n2)C2CC2)cc1. The third-order valence-electron chi connectivity index (χ3n) is 4.18. The third kappa shape index (κ3) is 4.95. The van der Waals surface area contributed by atoms with Crippen molar-refractivity contribution in [2.75, 3.05) is 12.9 Å². The van der Waals surface area contributed by atoms with Gasteiger partial charge in [-0.2, -0.15) is 0 Å². The molecular weight excluding hydrogens is 334 g/mol. The van der Waals surface area contributed by atoms with Gasteiger partial charge in [-0.1, -0.05) is 23.9 Å². The van der Waals surface area contributed by atoms with Gasteiger partial charge in [-0.3, -0.25) is 4.79 Å². The Kier molecular flexibility index (Phi) is 5.58. The second-order valence-corrected chi connectivity index (χ2v) is 7.32. The summed E-state index contributed by atoms with van der Waals surface area (Å²) in [7, 11) is 1.65. The Morgan fingerprint density at radius 3 is 2.44 bits per heavy atom. The zero-order valence-electron chi connectivity index (χ0n) is 14.8. The van der Waals surface area contributed by atoms with Gasteiger partial charge in [0.05, 0.1) is 18.9 Å². The lowest BCUT2D eigenvalue weighted by Crippen LogP contribution is -2.31. The van der Waals surface area contributed by atoms with Gasteiger partial charge >= 0.3 is 0 Å². The van der Waals surface area contributed by atoms with Crippen molar-refractivity contribution in [3.8, 4) is 5.75 Å². The molecule has 0 spiro atoms. The first-order chi connectivity index (χ1) is 12.0. The predicted molar refractivity (Wildman–Crippen MR) is 98.8 cm³/mol. The molecule has 0 bridgehead atoms. The number of ether oxygens (including phenoxy) is 1. The first kappa shape index (κ1) is 17.7. The fourth-order valence-corrected chi connectivity index (χ4v) is 3.58. The van der Waals surface area contributed by atoms with E-state index in [2.05, 4.69) is 15.3 Å². The molecule has 1 heterocycles. The highest BCUT2D eigenvalue weighted by Crippen LogP contribution is 2.41. The average Bonchev–Trinajstić information content (AvgIpc) is 3.42. The second kappa shape index (κ2) is 7.87. The minimum atomic E-state index is 0.0143. The summed E-state index contributed by atoms with van der Waals surface area (Å²) in [5, 5.41) is 3.83. The van der Waals surface area contributed by atoms with Crippen molar-refractivity contribution in [1.82, 2.24) is 15.3 Å². The maximum atomic E-state index is 12.4. The molecule has 2 aromatic rings. The molecule has 0 radical (unpaired) electrons. The number of nitrogens with one attached hydrogen (secondary N) is 1. The number of nitrogens with zero attached hydrogens (tertiary/aromatic N) is 2. The second-order valence-electron chi connectivity index (χ2n) is 6.38. The van der Waals surface area contributed by atoms with Crippen molar-refractivity contribution in [3.05, 3.63) is 47.3 Å². The van der Waals surface area contributed by atoms with Crippen molar-refractivity contribution < 1.29 is 9.53 Å². The fourth-order valence-electron chi connectivity index (χ4n) is 2.82. The highest BCUT2D eigenvalue weighted by Gasteiger charge is 2.33. The van der Waals surface area contributed by atoms with Gasteiger partial charge in [-0.05, 0) is 56.4 Å². The van der Waals surface area contributed by atoms with E-state index in [4.69, 9.17) is 4.74 Å². The number of thioether (sulfide) groups is 1. The molecule has 1 unspecified atom stereocenters. The van der Waals surface area contributed by atoms with E-state index in [1.54, 1.807) is 7.11 Å². The van der Waals surface area contributed by atoms with Gasteiger partial charge in [-0.15, -0.1) is 0 Å². The molecule has 132 valence electrons. The Labute approximate surface area is 152 Å².